The van der Waals surface area contributed by atoms with Gasteiger partial charge in [0, 0.05) is 11.4 Å². The van der Waals surface area contributed by atoms with E-state index in [9.17, 15) is 18.8 Å². The first kappa shape index (κ1) is 19.8. The third-order valence-electron chi connectivity index (χ3n) is 4.31. The molecular weight excluding hydrogens is 387 g/mol. The average molecular weight is 406 g/mol. The molecule has 1 aromatic carbocycles. The number of carbonyl (C=O) groups is 3. The lowest BCUT2D eigenvalue weighted by Crippen LogP contribution is -2.35. The number of nitrogens with one attached hydrogen (secondary N) is 1. The summed E-state index contributed by atoms with van der Waals surface area (Å²) in [5, 5.41) is 2.91. The van der Waals surface area contributed by atoms with Crippen LogP contribution in [0.2, 0.25) is 0 Å². The minimum atomic E-state index is -0.660. The van der Waals surface area contributed by atoms with Crippen molar-refractivity contribution in [2.75, 3.05) is 25.6 Å². The molecule has 0 fully saturated rings. The molecule has 0 radical (unpaired) electrons. The largest absolute Gasteiger partial charge is 0.462 e. The predicted octanol–water partition coefficient (Wildman–Crippen LogP) is 3.44. The normalized spacial score (nSPS) is 12.9. The summed E-state index contributed by atoms with van der Waals surface area (Å²) >= 11 is 1.17. The quantitative estimate of drug-likeness (QED) is 0.787. The fraction of sp³-hybridized carbons (Fsp3) is 0.316. The topological polar surface area (TPSA) is 84.9 Å². The van der Waals surface area contributed by atoms with E-state index in [1.165, 1.54) is 41.5 Å². The highest BCUT2D eigenvalue weighted by Gasteiger charge is 2.31. The Labute approximate surface area is 165 Å². The van der Waals surface area contributed by atoms with Crippen LogP contribution in [0.1, 0.15) is 38.1 Å². The van der Waals surface area contributed by atoms with Crippen LogP contribution in [0.3, 0.4) is 0 Å². The maximum atomic E-state index is 13.9. The molecule has 28 heavy (non-hydrogen) atoms. The van der Waals surface area contributed by atoms with E-state index in [0.29, 0.717) is 13.0 Å². The van der Waals surface area contributed by atoms with Gasteiger partial charge in [-0.05, 0) is 31.0 Å². The number of rotatable bonds is 4. The van der Waals surface area contributed by atoms with Crippen molar-refractivity contribution in [3.05, 3.63) is 51.7 Å². The van der Waals surface area contributed by atoms with Gasteiger partial charge in [-0.2, -0.15) is 0 Å². The first-order valence-electron chi connectivity index (χ1n) is 8.66. The first-order valence-corrected chi connectivity index (χ1v) is 9.48. The Morgan fingerprint density at radius 1 is 1.29 bits per heavy atom. The third kappa shape index (κ3) is 3.84. The van der Waals surface area contributed by atoms with Crippen LogP contribution in [-0.2, 0) is 22.4 Å². The predicted molar refractivity (Wildman–Crippen MR) is 101 cm³/mol. The Hall–Kier alpha value is -2.94. The zero-order valence-corrected chi connectivity index (χ0v) is 16.2. The van der Waals surface area contributed by atoms with Crippen molar-refractivity contribution in [2.45, 2.75) is 19.9 Å². The van der Waals surface area contributed by atoms with Gasteiger partial charge in [-0.3, -0.25) is 4.79 Å². The van der Waals surface area contributed by atoms with Crippen molar-refractivity contribution in [3.8, 4) is 0 Å². The van der Waals surface area contributed by atoms with Crippen LogP contribution < -0.4 is 5.32 Å². The summed E-state index contributed by atoms with van der Waals surface area (Å²) in [6.45, 7) is 2.50. The van der Waals surface area contributed by atoms with E-state index in [1.54, 1.807) is 13.0 Å². The number of fused-ring (bicyclic) bond motifs is 1. The van der Waals surface area contributed by atoms with Gasteiger partial charge in [0.2, 0.25) is 0 Å². The minimum absolute atomic E-state index is 0.125. The minimum Gasteiger partial charge on any atom is -0.462 e. The van der Waals surface area contributed by atoms with Crippen molar-refractivity contribution in [1.82, 2.24) is 4.90 Å². The van der Waals surface area contributed by atoms with Crippen LogP contribution >= 0.6 is 11.3 Å². The van der Waals surface area contributed by atoms with Crippen LogP contribution in [0.4, 0.5) is 14.2 Å². The van der Waals surface area contributed by atoms with Crippen LogP contribution in [0.15, 0.2) is 24.3 Å². The Kier molecular flexibility index (Phi) is 5.93. The zero-order chi connectivity index (χ0) is 20.3. The molecule has 0 saturated carbocycles. The summed E-state index contributed by atoms with van der Waals surface area (Å²) in [5.41, 5.74) is 0.864. The number of carbonyl (C=O) groups excluding carboxylic acids is 3. The molecule has 2 heterocycles. The molecule has 9 heteroatoms. The van der Waals surface area contributed by atoms with Crippen molar-refractivity contribution in [1.29, 1.82) is 0 Å². The molecule has 1 N–H and O–H groups in total. The number of amides is 2. The standard InChI is InChI=1S/C19H19FN2O5S/c1-3-27-18(24)15-12-8-9-22(19(25)26-2)10-14(12)28-17(15)21-16(23)11-6-4-5-7-13(11)20/h4-7H,3,8-10H2,1-2H3,(H,21,23). The molecule has 0 aliphatic carbocycles. The lowest BCUT2D eigenvalue weighted by atomic mass is 10.0. The number of esters is 1. The highest BCUT2D eigenvalue weighted by atomic mass is 32.1. The fourth-order valence-electron chi connectivity index (χ4n) is 3.01. The smallest absolute Gasteiger partial charge is 0.409 e. The number of ether oxygens (including phenoxy) is 2. The average Bonchev–Trinajstić information content (AvgIpc) is 3.04. The number of benzene rings is 1. The Morgan fingerprint density at radius 2 is 2.04 bits per heavy atom. The van der Waals surface area contributed by atoms with Gasteiger partial charge in [0.25, 0.3) is 5.91 Å². The summed E-state index contributed by atoms with van der Waals surface area (Å²) in [7, 11) is 1.30. The van der Waals surface area contributed by atoms with E-state index in [4.69, 9.17) is 9.47 Å². The molecule has 0 bridgehead atoms. The molecule has 2 aromatic rings. The molecule has 1 aliphatic heterocycles. The molecule has 1 aromatic heterocycles. The molecule has 2 amide bonds. The number of hydrogen-bond donors (Lipinski definition) is 1. The monoisotopic (exact) mass is 406 g/mol. The number of anilines is 1. The number of methoxy groups -OCH3 is 1. The van der Waals surface area contributed by atoms with Gasteiger partial charge < -0.3 is 19.7 Å². The SMILES string of the molecule is CCOC(=O)c1c(NC(=O)c2ccccc2F)sc2c1CCN(C(=O)OC)C2. The summed E-state index contributed by atoms with van der Waals surface area (Å²) < 4.78 is 23.8. The zero-order valence-electron chi connectivity index (χ0n) is 15.4. The van der Waals surface area contributed by atoms with Crippen molar-refractivity contribution in [3.63, 3.8) is 0 Å². The maximum absolute atomic E-state index is 13.9. The summed E-state index contributed by atoms with van der Waals surface area (Å²) in [4.78, 5) is 39.1. The van der Waals surface area contributed by atoms with E-state index in [1.807, 2.05) is 0 Å². The second-order valence-corrected chi connectivity index (χ2v) is 7.11. The van der Waals surface area contributed by atoms with Crippen molar-refractivity contribution in [2.24, 2.45) is 0 Å². The van der Waals surface area contributed by atoms with E-state index >= 15 is 0 Å². The number of thiophene rings is 1. The Balaban J connectivity index is 1.95. The summed E-state index contributed by atoms with van der Waals surface area (Å²) in [6.07, 6.45) is -0.0429. The van der Waals surface area contributed by atoms with Crippen LogP contribution in [0, 0.1) is 5.82 Å². The third-order valence-corrected chi connectivity index (χ3v) is 5.45. The molecule has 0 unspecified atom stereocenters. The lowest BCUT2D eigenvalue weighted by molar-refractivity contribution is 0.0526. The second kappa shape index (κ2) is 8.39. The van der Waals surface area contributed by atoms with E-state index in [0.717, 1.165) is 10.4 Å². The molecule has 0 spiro atoms. The van der Waals surface area contributed by atoms with Gasteiger partial charge in [-0.25, -0.2) is 14.0 Å². The van der Waals surface area contributed by atoms with Gasteiger partial charge in [-0.15, -0.1) is 11.3 Å². The summed E-state index contributed by atoms with van der Waals surface area (Å²) in [5.74, 6) is -1.88. The molecular formula is C19H19FN2O5S. The molecule has 0 atom stereocenters. The molecule has 0 saturated heterocycles. The van der Waals surface area contributed by atoms with Gasteiger partial charge in [-0.1, -0.05) is 12.1 Å². The molecule has 3 rings (SSSR count). The Bertz CT molecular complexity index is 927. The first-order chi connectivity index (χ1) is 13.5. The second-order valence-electron chi connectivity index (χ2n) is 6.00. The summed E-state index contributed by atoms with van der Waals surface area (Å²) in [6, 6.07) is 5.59. The van der Waals surface area contributed by atoms with Crippen LogP contribution in [0.25, 0.3) is 0 Å². The van der Waals surface area contributed by atoms with Gasteiger partial charge in [0.05, 0.1) is 31.4 Å². The van der Waals surface area contributed by atoms with E-state index < -0.39 is 23.8 Å². The van der Waals surface area contributed by atoms with Gasteiger partial charge >= 0.3 is 12.1 Å². The maximum Gasteiger partial charge on any atom is 0.409 e. The van der Waals surface area contributed by atoms with Crippen LogP contribution in [0.5, 0.6) is 0 Å². The van der Waals surface area contributed by atoms with E-state index in [-0.39, 0.29) is 29.3 Å². The van der Waals surface area contributed by atoms with Crippen molar-refractivity contribution < 1.29 is 28.2 Å². The highest BCUT2D eigenvalue weighted by molar-refractivity contribution is 7.17. The van der Waals surface area contributed by atoms with Crippen molar-refractivity contribution >= 4 is 34.3 Å². The fourth-order valence-corrected chi connectivity index (χ4v) is 4.26. The van der Waals surface area contributed by atoms with Gasteiger partial charge in [0.1, 0.15) is 10.8 Å². The van der Waals surface area contributed by atoms with E-state index in [2.05, 4.69) is 5.32 Å². The Morgan fingerprint density at radius 3 is 2.71 bits per heavy atom. The van der Waals surface area contributed by atoms with Crippen LogP contribution in [-0.4, -0.2) is 43.1 Å². The lowest BCUT2D eigenvalue weighted by Gasteiger charge is -2.25. The highest BCUT2D eigenvalue weighted by Crippen LogP contribution is 2.38. The number of halogens is 1. The molecule has 148 valence electrons. The molecule has 1 aliphatic rings. The molecule has 7 nitrogen and oxygen atoms in total. The van der Waals surface area contributed by atoms with Gasteiger partial charge in [0.15, 0.2) is 0 Å². The number of nitrogens with zero attached hydrogens (tertiary/aromatic N) is 1. The number of hydrogen-bond acceptors (Lipinski definition) is 6.